The Kier molecular flexibility index (Phi) is 4.13. The average molecular weight is 343 g/mol. The number of ether oxygens (including phenoxy) is 2. The predicted octanol–water partition coefficient (Wildman–Crippen LogP) is 6.25. The van der Waals surface area contributed by atoms with Crippen molar-refractivity contribution in [2.75, 3.05) is 7.11 Å². The minimum atomic E-state index is 0.779. The molecule has 1 heterocycles. The smallest absolute Gasteiger partial charge is 0.136 e. The molecule has 0 unspecified atom stereocenters. The number of nitrogens with one attached hydrogen (secondary N) is 1. The summed E-state index contributed by atoms with van der Waals surface area (Å²) in [6, 6.07) is 22.2. The van der Waals surface area contributed by atoms with Gasteiger partial charge in [-0.3, -0.25) is 0 Å². The highest BCUT2D eigenvalue weighted by atomic mass is 16.5. The van der Waals surface area contributed by atoms with Gasteiger partial charge in [0.25, 0.3) is 0 Å². The monoisotopic (exact) mass is 343 g/mol. The molecule has 0 bridgehead atoms. The molecular weight excluding hydrogens is 322 g/mol. The molecule has 0 fully saturated rings. The highest BCUT2D eigenvalue weighted by Crippen LogP contribution is 2.35. The first-order valence-electron chi connectivity index (χ1n) is 8.66. The van der Waals surface area contributed by atoms with Gasteiger partial charge in [-0.15, -0.1) is 0 Å². The number of aryl methyl sites for hydroxylation is 2. The van der Waals surface area contributed by atoms with E-state index in [0.717, 1.165) is 28.5 Å². The van der Waals surface area contributed by atoms with Gasteiger partial charge in [0.2, 0.25) is 0 Å². The molecule has 0 atom stereocenters. The van der Waals surface area contributed by atoms with Crippen LogP contribution in [0.5, 0.6) is 17.2 Å². The zero-order chi connectivity index (χ0) is 18.1. The Balaban J connectivity index is 1.74. The van der Waals surface area contributed by atoms with Gasteiger partial charge in [0.1, 0.15) is 17.2 Å². The number of hydrogen-bond donors (Lipinski definition) is 1. The van der Waals surface area contributed by atoms with E-state index in [9.17, 15) is 0 Å². The second-order valence-electron chi connectivity index (χ2n) is 6.43. The van der Waals surface area contributed by atoms with Crippen LogP contribution in [0.25, 0.3) is 22.2 Å². The topological polar surface area (TPSA) is 34.2 Å². The fraction of sp³-hybridized carbons (Fsp3) is 0.130. The summed E-state index contributed by atoms with van der Waals surface area (Å²) in [6.45, 7) is 4.29. The van der Waals surface area contributed by atoms with E-state index < -0.39 is 0 Å². The standard InChI is InChI=1S/C23H21NO2/c1-15-8-9-17-14-21(24-23(17)16(15)2)20-6-4-5-7-22(20)26-19-12-10-18(25-3)11-13-19/h4-14,24H,1-3H3. The van der Waals surface area contributed by atoms with Gasteiger partial charge >= 0.3 is 0 Å². The van der Waals surface area contributed by atoms with Gasteiger partial charge in [-0.1, -0.05) is 24.3 Å². The minimum Gasteiger partial charge on any atom is -0.497 e. The summed E-state index contributed by atoms with van der Waals surface area (Å²) >= 11 is 0. The number of aromatic nitrogens is 1. The molecule has 1 N–H and O–H groups in total. The quantitative estimate of drug-likeness (QED) is 0.475. The van der Waals surface area contributed by atoms with E-state index in [0.29, 0.717) is 0 Å². The van der Waals surface area contributed by atoms with Crippen LogP contribution in [0.3, 0.4) is 0 Å². The van der Waals surface area contributed by atoms with Crippen molar-refractivity contribution in [2.24, 2.45) is 0 Å². The Bertz CT molecular complexity index is 1060. The van der Waals surface area contributed by atoms with Crippen LogP contribution in [0.1, 0.15) is 11.1 Å². The maximum absolute atomic E-state index is 6.14. The number of benzene rings is 3. The summed E-state index contributed by atoms with van der Waals surface area (Å²) in [6.07, 6.45) is 0. The number of para-hydroxylation sites is 1. The van der Waals surface area contributed by atoms with E-state index in [1.165, 1.54) is 22.0 Å². The van der Waals surface area contributed by atoms with Crippen LogP contribution >= 0.6 is 0 Å². The summed E-state index contributed by atoms with van der Waals surface area (Å²) in [5.74, 6) is 2.41. The van der Waals surface area contributed by atoms with Crippen LogP contribution in [-0.4, -0.2) is 12.1 Å². The Hall–Kier alpha value is -3.20. The maximum atomic E-state index is 6.14. The second kappa shape index (κ2) is 6.60. The number of aromatic amines is 1. The highest BCUT2D eigenvalue weighted by Gasteiger charge is 2.11. The molecule has 1 aromatic heterocycles. The number of fused-ring (bicyclic) bond motifs is 1. The molecule has 0 spiro atoms. The van der Waals surface area contributed by atoms with Gasteiger partial charge in [-0.2, -0.15) is 0 Å². The summed E-state index contributed by atoms with van der Waals surface area (Å²) < 4.78 is 11.3. The van der Waals surface area contributed by atoms with E-state index in [2.05, 4.69) is 43.1 Å². The molecule has 0 aliphatic carbocycles. The molecule has 130 valence electrons. The molecule has 3 nitrogen and oxygen atoms in total. The summed E-state index contributed by atoms with van der Waals surface area (Å²) in [5.41, 5.74) is 5.84. The van der Waals surface area contributed by atoms with E-state index in [1.807, 2.05) is 42.5 Å². The van der Waals surface area contributed by atoms with Crippen LogP contribution < -0.4 is 9.47 Å². The SMILES string of the molecule is COc1ccc(Oc2ccccc2-c2cc3ccc(C)c(C)c3[nH]2)cc1. The van der Waals surface area contributed by atoms with Crippen molar-refractivity contribution in [3.63, 3.8) is 0 Å². The number of H-pyrrole nitrogens is 1. The lowest BCUT2D eigenvalue weighted by atomic mass is 10.1. The molecule has 0 saturated carbocycles. The lowest BCUT2D eigenvalue weighted by Gasteiger charge is -2.10. The van der Waals surface area contributed by atoms with Crippen molar-refractivity contribution in [2.45, 2.75) is 13.8 Å². The van der Waals surface area contributed by atoms with Crippen molar-refractivity contribution in [3.05, 3.63) is 77.9 Å². The van der Waals surface area contributed by atoms with Crippen LogP contribution in [0.15, 0.2) is 66.7 Å². The van der Waals surface area contributed by atoms with Gasteiger partial charge in [0.05, 0.1) is 12.8 Å². The fourth-order valence-electron chi connectivity index (χ4n) is 3.14. The first kappa shape index (κ1) is 16.3. The lowest BCUT2D eigenvalue weighted by Crippen LogP contribution is -1.89. The third-order valence-corrected chi connectivity index (χ3v) is 4.79. The van der Waals surface area contributed by atoms with Crippen molar-refractivity contribution in [3.8, 4) is 28.5 Å². The highest BCUT2D eigenvalue weighted by molar-refractivity contribution is 5.89. The first-order chi connectivity index (χ1) is 12.7. The predicted molar refractivity (Wildman–Crippen MR) is 106 cm³/mol. The van der Waals surface area contributed by atoms with Crippen molar-refractivity contribution in [1.29, 1.82) is 0 Å². The molecule has 4 rings (SSSR count). The zero-order valence-electron chi connectivity index (χ0n) is 15.2. The molecule has 0 aliphatic rings. The number of hydrogen-bond acceptors (Lipinski definition) is 2. The first-order valence-corrected chi connectivity index (χ1v) is 8.66. The van der Waals surface area contributed by atoms with Gasteiger partial charge in [0, 0.05) is 16.5 Å². The van der Waals surface area contributed by atoms with E-state index in [1.54, 1.807) is 7.11 Å². The fourth-order valence-corrected chi connectivity index (χ4v) is 3.14. The summed E-state index contributed by atoms with van der Waals surface area (Å²) in [5, 5.41) is 1.21. The van der Waals surface area contributed by atoms with Gasteiger partial charge in [-0.25, -0.2) is 0 Å². The zero-order valence-corrected chi connectivity index (χ0v) is 15.2. The minimum absolute atomic E-state index is 0.779. The lowest BCUT2D eigenvalue weighted by molar-refractivity contribution is 0.413. The Morgan fingerprint density at radius 2 is 1.54 bits per heavy atom. The normalized spacial score (nSPS) is 10.9. The summed E-state index contributed by atoms with van der Waals surface area (Å²) in [7, 11) is 1.66. The van der Waals surface area contributed by atoms with E-state index >= 15 is 0 Å². The van der Waals surface area contributed by atoms with Crippen molar-refractivity contribution < 1.29 is 9.47 Å². The number of methoxy groups -OCH3 is 1. The van der Waals surface area contributed by atoms with Crippen LogP contribution in [0.4, 0.5) is 0 Å². The van der Waals surface area contributed by atoms with Crippen molar-refractivity contribution >= 4 is 10.9 Å². The molecular formula is C23H21NO2. The number of rotatable bonds is 4. The Morgan fingerprint density at radius 1 is 0.808 bits per heavy atom. The van der Waals surface area contributed by atoms with Gasteiger partial charge in [0.15, 0.2) is 0 Å². The Morgan fingerprint density at radius 3 is 2.31 bits per heavy atom. The average Bonchev–Trinajstić information content (AvgIpc) is 3.11. The molecule has 26 heavy (non-hydrogen) atoms. The third kappa shape index (κ3) is 2.92. The molecule has 0 aliphatic heterocycles. The molecule has 0 saturated heterocycles. The van der Waals surface area contributed by atoms with Gasteiger partial charge < -0.3 is 14.5 Å². The van der Waals surface area contributed by atoms with Crippen LogP contribution in [-0.2, 0) is 0 Å². The van der Waals surface area contributed by atoms with E-state index in [4.69, 9.17) is 9.47 Å². The van der Waals surface area contributed by atoms with Crippen molar-refractivity contribution in [1.82, 2.24) is 4.98 Å². The molecule has 0 radical (unpaired) electrons. The maximum Gasteiger partial charge on any atom is 0.136 e. The van der Waals surface area contributed by atoms with Crippen LogP contribution in [0.2, 0.25) is 0 Å². The second-order valence-corrected chi connectivity index (χ2v) is 6.43. The summed E-state index contributed by atoms with van der Waals surface area (Å²) in [4.78, 5) is 3.57. The van der Waals surface area contributed by atoms with E-state index in [-0.39, 0.29) is 0 Å². The Labute approximate surface area is 153 Å². The molecule has 3 aromatic carbocycles. The molecule has 4 aromatic rings. The third-order valence-electron chi connectivity index (χ3n) is 4.79. The van der Waals surface area contributed by atoms with Gasteiger partial charge in [-0.05, 0) is 67.4 Å². The van der Waals surface area contributed by atoms with Crippen LogP contribution in [0, 0.1) is 13.8 Å². The largest absolute Gasteiger partial charge is 0.497 e. The molecule has 0 amide bonds. The molecule has 3 heteroatoms.